The van der Waals surface area contributed by atoms with Crippen molar-refractivity contribution in [2.75, 3.05) is 19.7 Å². The molecule has 0 aromatic heterocycles. The maximum atomic E-state index is 12.9. The van der Waals surface area contributed by atoms with E-state index < -0.39 is 11.7 Å². The van der Waals surface area contributed by atoms with Crippen LogP contribution in [-0.2, 0) is 19.0 Å². The monoisotopic (exact) mass is 629 g/mol. The van der Waals surface area contributed by atoms with Crippen LogP contribution in [0.3, 0.4) is 0 Å². The molecule has 8 unspecified atom stereocenters. The molecule has 45 heavy (non-hydrogen) atoms. The first-order chi connectivity index (χ1) is 21.3. The van der Waals surface area contributed by atoms with Crippen molar-refractivity contribution in [2.24, 2.45) is 45.3 Å². The van der Waals surface area contributed by atoms with E-state index in [-0.39, 0.29) is 35.9 Å². The van der Waals surface area contributed by atoms with E-state index in [1.54, 1.807) is 13.8 Å². The van der Waals surface area contributed by atoms with E-state index >= 15 is 0 Å². The molecule has 5 saturated carbocycles. The Kier molecular flexibility index (Phi) is 8.33. The Morgan fingerprint density at radius 3 is 2.53 bits per heavy atom. The van der Waals surface area contributed by atoms with E-state index in [4.69, 9.17) is 14.2 Å². The minimum absolute atomic E-state index is 0.0808. The van der Waals surface area contributed by atoms with Gasteiger partial charge in [0.15, 0.2) is 6.29 Å². The summed E-state index contributed by atoms with van der Waals surface area (Å²) in [5, 5.41) is 21.4. The van der Waals surface area contributed by atoms with Gasteiger partial charge < -0.3 is 29.3 Å². The maximum absolute atomic E-state index is 12.9. The molecule has 2 saturated heterocycles. The number of fused-ring (bicyclic) bond motifs is 4. The van der Waals surface area contributed by atoms with Crippen molar-refractivity contribution in [3.8, 4) is 0 Å². The largest absolute Gasteiger partial charge is 0.388 e. The van der Waals surface area contributed by atoms with Gasteiger partial charge in [-0.15, -0.1) is 0 Å². The van der Waals surface area contributed by atoms with Crippen molar-refractivity contribution in [3.63, 3.8) is 0 Å². The maximum Gasteiger partial charge on any atom is 0.222 e. The zero-order valence-corrected chi connectivity index (χ0v) is 29.2. The predicted octanol–water partition coefficient (Wildman–Crippen LogP) is 6.48. The number of nitrogens with zero attached hydrogens (tertiary/aromatic N) is 1. The van der Waals surface area contributed by atoms with Crippen molar-refractivity contribution in [1.29, 1.82) is 0 Å². The van der Waals surface area contributed by atoms with Crippen molar-refractivity contribution in [1.82, 2.24) is 4.90 Å². The highest BCUT2D eigenvalue weighted by molar-refractivity contribution is 5.76. The van der Waals surface area contributed by atoms with Crippen LogP contribution in [0, 0.1) is 45.3 Å². The molecular formula is C38H63NO6. The molecule has 2 N–H and O–H groups in total. The molecule has 0 radical (unpaired) electrons. The second-order valence-corrected chi connectivity index (χ2v) is 18.2. The summed E-state index contributed by atoms with van der Waals surface area (Å²) in [6.45, 7) is 14.9. The molecule has 2 spiro atoms. The summed E-state index contributed by atoms with van der Waals surface area (Å²) in [4.78, 5) is 14.8. The zero-order chi connectivity index (χ0) is 32.0. The number of ether oxygens (including phenoxy) is 3. The molecule has 1 amide bonds. The lowest BCUT2D eigenvalue weighted by molar-refractivity contribution is -0.244. The van der Waals surface area contributed by atoms with Gasteiger partial charge in [-0.1, -0.05) is 40.5 Å². The van der Waals surface area contributed by atoms with Crippen LogP contribution in [0.2, 0.25) is 0 Å². The lowest BCUT2D eigenvalue weighted by atomic mass is 9.46. The number of rotatable bonds is 8. The van der Waals surface area contributed by atoms with Crippen LogP contribution in [0.4, 0.5) is 0 Å². The van der Waals surface area contributed by atoms with Gasteiger partial charge in [-0.25, -0.2) is 0 Å². The highest BCUT2D eigenvalue weighted by atomic mass is 16.7. The molecule has 2 aliphatic heterocycles. The molecule has 256 valence electrons. The molecule has 0 bridgehead atoms. The number of carbonyl (C=O) groups excluding carboxylic acids is 1. The number of carbonyl (C=O) groups is 1. The van der Waals surface area contributed by atoms with Crippen LogP contribution >= 0.6 is 0 Å². The van der Waals surface area contributed by atoms with Crippen molar-refractivity contribution in [2.45, 2.75) is 168 Å². The van der Waals surface area contributed by atoms with Gasteiger partial charge in [-0.2, -0.15) is 0 Å². The van der Waals surface area contributed by atoms with Crippen LogP contribution in [0.5, 0.6) is 0 Å². The summed E-state index contributed by atoms with van der Waals surface area (Å²) >= 11 is 0. The Morgan fingerprint density at radius 1 is 1.00 bits per heavy atom. The predicted molar refractivity (Wildman–Crippen MR) is 173 cm³/mol. The standard InChI is InChI=1S/C38H63NO6/c1-7-8-9-10-31(40)39-19-20-43-32(22-39)45-30-15-16-38-23-37(38)18-17-36(6)25-11-13-27(33(41)35(4,5)42)44-28(25)21-26(36)24(37)12-14-29(38)34(30,2)3/h24-30,32-33,41-42H,7-23H2,1-6H3/t24?,25?,26?,27?,28?,29?,30-,32?,33-,36+,37-,38?/m0/s1. The molecule has 5 aliphatic carbocycles. The number of hydrogen-bond donors (Lipinski definition) is 2. The van der Waals surface area contributed by atoms with Crippen LogP contribution in [0.15, 0.2) is 0 Å². The second-order valence-electron chi connectivity index (χ2n) is 18.2. The van der Waals surface area contributed by atoms with Gasteiger partial charge >= 0.3 is 0 Å². The summed E-state index contributed by atoms with van der Waals surface area (Å²) in [6, 6.07) is 0. The van der Waals surface area contributed by atoms with Crippen LogP contribution < -0.4 is 0 Å². The van der Waals surface area contributed by atoms with E-state index in [9.17, 15) is 15.0 Å². The minimum atomic E-state index is -1.14. The number of hydrogen-bond acceptors (Lipinski definition) is 6. The first-order valence-electron chi connectivity index (χ1n) is 18.9. The first kappa shape index (κ1) is 32.8. The van der Waals surface area contributed by atoms with Crippen molar-refractivity contribution in [3.05, 3.63) is 0 Å². The molecule has 7 aliphatic rings. The molecule has 12 atom stereocenters. The van der Waals surface area contributed by atoms with E-state index in [1.807, 2.05) is 4.90 Å². The lowest BCUT2D eigenvalue weighted by Gasteiger charge is -2.60. The Labute approximate surface area is 272 Å². The SMILES string of the molecule is CCCCCC(=O)N1CCOC(O[C@H]2CCC34C[C@]35CC[C@]3(C)C6CCC([C@H](O)C(C)(C)O)OC6CC3C5CCC4C2(C)C)C1. The highest BCUT2D eigenvalue weighted by Crippen LogP contribution is 2.87. The molecule has 7 nitrogen and oxygen atoms in total. The van der Waals surface area contributed by atoms with Crippen molar-refractivity contribution < 1.29 is 29.2 Å². The van der Waals surface area contributed by atoms with E-state index in [0.717, 1.165) is 50.9 Å². The summed E-state index contributed by atoms with van der Waals surface area (Å²) in [5.74, 6) is 2.98. The highest BCUT2D eigenvalue weighted by Gasteiger charge is 2.80. The molecule has 7 rings (SSSR count). The fourth-order valence-electron chi connectivity index (χ4n) is 13.0. The summed E-state index contributed by atoms with van der Waals surface area (Å²) in [7, 11) is 0. The average molecular weight is 630 g/mol. The minimum Gasteiger partial charge on any atom is -0.388 e. The number of aliphatic hydroxyl groups is 2. The number of amides is 1. The van der Waals surface area contributed by atoms with Gasteiger partial charge in [-0.05, 0) is 130 Å². The Morgan fingerprint density at radius 2 is 1.78 bits per heavy atom. The Bertz CT molecular complexity index is 1120. The molecular weight excluding hydrogens is 566 g/mol. The quantitative estimate of drug-likeness (QED) is 0.299. The molecule has 0 aromatic carbocycles. The topological polar surface area (TPSA) is 88.5 Å². The molecule has 2 heterocycles. The van der Waals surface area contributed by atoms with Gasteiger partial charge in [0.25, 0.3) is 0 Å². The fourth-order valence-corrected chi connectivity index (χ4v) is 13.0. The van der Waals surface area contributed by atoms with Gasteiger partial charge in [0.2, 0.25) is 5.91 Å². The summed E-state index contributed by atoms with van der Waals surface area (Å²) in [6.07, 6.45) is 14.9. The van der Waals surface area contributed by atoms with Crippen LogP contribution in [0.1, 0.15) is 131 Å². The number of aliphatic hydroxyl groups excluding tert-OH is 1. The number of unbranched alkanes of at least 4 members (excludes halogenated alkanes) is 2. The smallest absolute Gasteiger partial charge is 0.222 e. The first-order valence-corrected chi connectivity index (χ1v) is 18.9. The average Bonchev–Trinajstić information content (AvgIpc) is 3.57. The molecule has 0 aromatic rings. The Hall–Kier alpha value is -0.730. The fraction of sp³-hybridized carbons (Fsp3) is 0.974. The third-order valence-corrected chi connectivity index (χ3v) is 15.3. The van der Waals surface area contributed by atoms with Gasteiger partial charge in [0.05, 0.1) is 37.1 Å². The van der Waals surface area contributed by atoms with E-state index in [0.29, 0.717) is 60.1 Å². The van der Waals surface area contributed by atoms with Gasteiger partial charge in [0.1, 0.15) is 6.10 Å². The molecule has 7 fully saturated rings. The third kappa shape index (κ3) is 5.09. The third-order valence-electron chi connectivity index (χ3n) is 15.3. The molecule has 7 heteroatoms. The van der Waals surface area contributed by atoms with E-state index in [2.05, 4.69) is 27.7 Å². The Balaban J connectivity index is 1.02. The van der Waals surface area contributed by atoms with Crippen molar-refractivity contribution >= 4 is 5.91 Å². The van der Waals surface area contributed by atoms with Gasteiger partial charge in [-0.3, -0.25) is 4.79 Å². The van der Waals surface area contributed by atoms with Crippen LogP contribution in [-0.4, -0.2) is 77.0 Å². The zero-order valence-electron chi connectivity index (χ0n) is 29.2. The normalized spacial score (nSPS) is 47.5. The van der Waals surface area contributed by atoms with Crippen LogP contribution in [0.25, 0.3) is 0 Å². The van der Waals surface area contributed by atoms with E-state index in [1.165, 1.54) is 38.5 Å². The van der Waals surface area contributed by atoms with Gasteiger partial charge in [0, 0.05) is 13.0 Å². The summed E-state index contributed by atoms with van der Waals surface area (Å²) in [5.41, 5.74) is 0.195. The number of morpholine rings is 1. The second kappa shape index (κ2) is 11.4. The summed E-state index contributed by atoms with van der Waals surface area (Å²) < 4.78 is 19.6. The lowest BCUT2D eigenvalue weighted by Crippen LogP contribution is -2.56.